The van der Waals surface area contributed by atoms with Crippen molar-refractivity contribution in [1.29, 1.82) is 0 Å². The van der Waals surface area contributed by atoms with Crippen molar-refractivity contribution in [3.05, 3.63) is 0 Å². The maximum atomic E-state index is 5.52. The molecule has 1 heterocycles. The summed E-state index contributed by atoms with van der Waals surface area (Å²) in [6.45, 7) is 6.55. The maximum absolute atomic E-state index is 5.52. The van der Waals surface area contributed by atoms with Crippen LogP contribution in [0.4, 0.5) is 0 Å². The lowest BCUT2D eigenvalue weighted by Crippen LogP contribution is -2.23. The Morgan fingerprint density at radius 1 is 1.33 bits per heavy atom. The molecule has 0 amide bonds. The first-order valence-electron chi connectivity index (χ1n) is 4.71. The van der Waals surface area contributed by atoms with E-state index in [4.69, 9.17) is 13.6 Å². The minimum Gasteiger partial charge on any atom is -0.397 e. The fraction of sp³-hybridized carbons (Fsp3) is 1.00. The van der Waals surface area contributed by atoms with Gasteiger partial charge in [0, 0.05) is 13.2 Å². The Balaban J connectivity index is 2.03. The molecule has 0 saturated carbocycles. The van der Waals surface area contributed by atoms with Crippen molar-refractivity contribution < 1.29 is 13.6 Å². The van der Waals surface area contributed by atoms with Gasteiger partial charge in [0.2, 0.25) is 0 Å². The molecule has 72 valence electrons. The smallest absolute Gasteiger partial charge is 0.321 e. The Morgan fingerprint density at radius 3 is 2.33 bits per heavy atom. The predicted molar refractivity (Wildman–Crippen MR) is 49.6 cm³/mol. The molecule has 12 heavy (non-hydrogen) atoms. The lowest BCUT2D eigenvalue weighted by molar-refractivity contribution is 0.211. The highest BCUT2D eigenvalue weighted by Gasteiger charge is 2.24. The first kappa shape index (κ1) is 10.2. The van der Waals surface area contributed by atoms with Crippen LogP contribution in [0.1, 0.15) is 20.3 Å². The second-order valence-electron chi connectivity index (χ2n) is 2.87. The first-order chi connectivity index (χ1) is 5.86. The van der Waals surface area contributed by atoms with Crippen molar-refractivity contribution in [2.45, 2.75) is 32.4 Å². The van der Waals surface area contributed by atoms with E-state index in [2.05, 4.69) is 0 Å². The van der Waals surface area contributed by atoms with Gasteiger partial charge in [-0.15, -0.1) is 0 Å². The summed E-state index contributed by atoms with van der Waals surface area (Å²) in [4.78, 5) is 0. The number of rotatable bonds is 7. The molecule has 1 unspecified atom stereocenters. The standard InChI is InChI=1S/C8H18O3Si/c1-3-10-12(11-4-2)6-5-8-7-9-8/h8,12H,3-7H2,1-2H3. The Hall–Kier alpha value is 0.0969. The Bertz CT molecular complexity index is 111. The average Bonchev–Trinajstić information content (AvgIpc) is 2.84. The molecular weight excluding hydrogens is 172 g/mol. The summed E-state index contributed by atoms with van der Waals surface area (Å²) in [5, 5.41) is 0. The van der Waals surface area contributed by atoms with E-state index >= 15 is 0 Å². The normalized spacial score (nSPS) is 21.8. The molecule has 0 aliphatic carbocycles. The van der Waals surface area contributed by atoms with E-state index in [-0.39, 0.29) is 0 Å². The minimum absolute atomic E-state index is 0.515. The van der Waals surface area contributed by atoms with E-state index in [9.17, 15) is 0 Å². The van der Waals surface area contributed by atoms with Crippen LogP contribution in [0.3, 0.4) is 0 Å². The van der Waals surface area contributed by atoms with Gasteiger partial charge in [-0.05, 0) is 26.3 Å². The highest BCUT2D eigenvalue weighted by atomic mass is 28.3. The summed E-state index contributed by atoms with van der Waals surface area (Å²) in [6.07, 6.45) is 1.64. The van der Waals surface area contributed by atoms with Crippen LogP contribution in [0.15, 0.2) is 0 Å². The zero-order valence-electron chi connectivity index (χ0n) is 7.91. The summed E-state index contributed by atoms with van der Waals surface area (Å²) in [5.41, 5.74) is 0. The first-order valence-corrected chi connectivity index (χ1v) is 6.47. The molecule has 0 aromatic rings. The van der Waals surface area contributed by atoms with Gasteiger partial charge < -0.3 is 13.6 Å². The molecule has 3 nitrogen and oxygen atoms in total. The molecule has 1 aliphatic rings. The van der Waals surface area contributed by atoms with Gasteiger partial charge in [0.05, 0.1) is 12.7 Å². The molecule has 1 aliphatic heterocycles. The van der Waals surface area contributed by atoms with Gasteiger partial charge in [-0.2, -0.15) is 0 Å². The number of hydrogen-bond donors (Lipinski definition) is 0. The zero-order chi connectivity index (χ0) is 8.81. The third-order valence-electron chi connectivity index (χ3n) is 1.83. The zero-order valence-corrected chi connectivity index (χ0v) is 9.07. The molecule has 1 rings (SSSR count). The van der Waals surface area contributed by atoms with Crippen molar-refractivity contribution in [1.82, 2.24) is 0 Å². The van der Waals surface area contributed by atoms with Crippen LogP contribution in [-0.4, -0.2) is 35.2 Å². The second-order valence-corrected chi connectivity index (χ2v) is 4.98. The largest absolute Gasteiger partial charge is 0.397 e. The Kier molecular flexibility index (Phi) is 4.83. The van der Waals surface area contributed by atoms with E-state index in [1.54, 1.807) is 0 Å². The van der Waals surface area contributed by atoms with Gasteiger partial charge in [0.1, 0.15) is 0 Å². The fourth-order valence-corrected chi connectivity index (χ4v) is 2.96. The number of ether oxygens (including phenoxy) is 1. The van der Waals surface area contributed by atoms with Crippen LogP contribution >= 0.6 is 0 Å². The van der Waals surface area contributed by atoms with Gasteiger partial charge in [-0.3, -0.25) is 0 Å². The summed E-state index contributed by atoms with van der Waals surface area (Å²) in [7, 11) is -1.33. The van der Waals surface area contributed by atoms with E-state index in [0.29, 0.717) is 6.10 Å². The molecule has 0 aromatic heterocycles. The molecule has 4 heteroatoms. The lowest BCUT2D eigenvalue weighted by Gasteiger charge is -2.13. The average molecular weight is 190 g/mol. The van der Waals surface area contributed by atoms with E-state index in [1.807, 2.05) is 13.8 Å². The van der Waals surface area contributed by atoms with Gasteiger partial charge in [-0.25, -0.2) is 0 Å². The van der Waals surface area contributed by atoms with Crippen LogP contribution in [0, 0.1) is 0 Å². The van der Waals surface area contributed by atoms with Gasteiger partial charge >= 0.3 is 9.28 Å². The summed E-state index contributed by atoms with van der Waals surface area (Å²) in [6, 6.07) is 1.09. The van der Waals surface area contributed by atoms with Crippen LogP contribution in [-0.2, 0) is 13.6 Å². The van der Waals surface area contributed by atoms with Crippen LogP contribution in [0.2, 0.25) is 6.04 Å². The Labute approximate surface area is 75.9 Å². The molecule has 0 radical (unpaired) electrons. The van der Waals surface area contributed by atoms with Gasteiger partial charge in [0.15, 0.2) is 0 Å². The van der Waals surface area contributed by atoms with E-state index in [1.165, 1.54) is 0 Å². The third kappa shape index (κ3) is 4.20. The minimum atomic E-state index is -1.33. The van der Waals surface area contributed by atoms with Crippen molar-refractivity contribution >= 4 is 9.28 Å². The fourth-order valence-electron chi connectivity index (χ4n) is 1.14. The van der Waals surface area contributed by atoms with Gasteiger partial charge in [-0.1, -0.05) is 0 Å². The third-order valence-corrected chi connectivity index (χ3v) is 4.05. The molecule has 1 atom stereocenters. The van der Waals surface area contributed by atoms with Crippen molar-refractivity contribution in [2.75, 3.05) is 19.8 Å². The monoisotopic (exact) mass is 190 g/mol. The van der Waals surface area contributed by atoms with Crippen molar-refractivity contribution in [2.24, 2.45) is 0 Å². The number of epoxide rings is 1. The van der Waals surface area contributed by atoms with Crippen LogP contribution in [0.25, 0.3) is 0 Å². The molecule has 0 spiro atoms. The maximum Gasteiger partial charge on any atom is 0.321 e. The van der Waals surface area contributed by atoms with Crippen LogP contribution in [0.5, 0.6) is 0 Å². The Morgan fingerprint density at radius 2 is 1.92 bits per heavy atom. The molecule has 1 fully saturated rings. The van der Waals surface area contributed by atoms with Gasteiger partial charge in [0.25, 0.3) is 0 Å². The highest BCUT2D eigenvalue weighted by Crippen LogP contribution is 2.17. The quantitative estimate of drug-likeness (QED) is 0.444. The summed E-state index contributed by atoms with van der Waals surface area (Å²) < 4.78 is 16.2. The predicted octanol–water partition coefficient (Wildman–Crippen LogP) is 1.07. The summed E-state index contributed by atoms with van der Waals surface area (Å²) in [5.74, 6) is 0. The lowest BCUT2D eigenvalue weighted by atomic mass is 10.4. The molecule has 1 saturated heterocycles. The van der Waals surface area contributed by atoms with Crippen molar-refractivity contribution in [3.8, 4) is 0 Å². The van der Waals surface area contributed by atoms with Crippen LogP contribution < -0.4 is 0 Å². The topological polar surface area (TPSA) is 31.0 Å². The molecular formula is C8H18O3Si. The molecule has 0 N–H and O–H groups in total. The highest BCUT2D eigenvalue weighted by molar-refractivity contribution is 6.44. The molecule has 0 bridgehead atoms. The number of hydrogen-bond acceptors (Lipinski definition) is 3. The van der Waals surface area contributed by atoms with E-state index in [0.717, 1.165) is 32.3 Å². The van der Waals surface area contributed by atoms with E-state index < -0.39 is 9.28 Å². The summed E-state index contributed by atoms with van der Waals surface area (Å²) >= 11 is 0. The molecule has 0 aromatic carbocycles. The second kappa shape index (κ2) is 5.69. The SMILES string of the molecule is CCO[SiH](CCC1CO1)OCC. The van der Waals surface area contributed by atoms with Crippen molar-refractivity contribution in [3.63, 3.8) is 0 Å².